The van der Waals surface area contributed by atoms with Gasteiger partial charge in [-0.2, -0.15) is 0 Å². The molecule has 3 atom stereocenters. The van der Waals surface area contributed by atoms with Gasteiger partial charge in [0.15, 0.2) is 0 Å². The summed E-state index contributed by atoms with van der Waals surface area (Å²) in [6.45, 7) is 0. The van der Waals surface area contributed by atoms with Gasteiger partial charge in [0.1, 0.15) is 12.1 Å². The van der Waals surface area contributed by atoms with Crippen molar-refractivity contribution in [3.8, 4) is 0 Å². The Bertz CT molecular complexity index is 920. The zero-order valence-electron chi connectivity index (χ0n) is 17.8. The molecule has 32 heavy (non-hydrogen) atoms. The third-order valence-electron chi connectivity index (χ3n) is 4.76. The van der Waals surface area contributed by atoms with Crippen molar-refractivity contribution in [2.24, 2.45) is 11.5 Å². The first-order valence-electron chi connectivity index (χ1n) is 10.1. The topological polar surface area (TPSA) is 154 Å². The summed E-state index contributed by atoms with van der Waals surface area (Å²) in [6, 6.07) is 15.0. The fourth-order valence-electron chi connectivity index (χ4n) is 3.10. The third kappa shape index (κ3) is 7.84. The van der Waals surface area contributed by atoms with E-state index in [-0.39, 0.29) is 19.3 Å². The second-order valence-corrected chi connectivity index (χ2v) is 7.30. The highest BCUT2D eigenvalue weighted by molar-refractivity contribution is 5.93. The lowest BCUT2D eigenvalue weighted by Gasteiger charge is -2.23. The summed E-state index contributed by atoms with van der Waals surface area (Å²) in [5.41, 5.74) is 12.4. The fraction of sp³-hybridized carbons (Fsp3) is 0.304. The van der Waals surface area contributed by atoms with E-state index in [9.17, 15) is 19.2 Å². The zero-order chi connectivity index (χ0) is 23.5. The van der Waals surface area contributed by atoms with Crippen LogP contribution in [-0.2, 0) is 36.8 Å². The number of hydrogen-bond donors (Lipinski definition) is 4. The molecule has 0 heterocycles. The van der Waals surface area contributed by atoms with Gasteiger partial charge in [-0.25, -0.2) is 4.79 Å². The van der Waals surface area contributed by atoms with Gasteiger partial charge in [-0.15, -0.1) is 0 Å². The summed E-state index contributed by atoms with van der Waals surface area (Å²) in [4.78, 5) is 48.9. The molecule has 0 aliphatic rings. The summed E-state index contributed by atoms with van der Waals surface area (Å²) in [5.74, 6) is -2.62. The molecular formula is C23H28N4O5. The van der Waals surface area contributed by atoms with Crippen LogP contribution in [0, 0.1) is 0 Å². The predicted octanol–water partition coefficient (Wildman–Crippen LogP) is -0.183. The number of methoxy groups -OCH3 is 1. The molecule has 0 fully saturated rings. The van der Waals surface area contributed by atoms with Gasteiger partial charge in [-0.3, -0.25) is 14.4 Å². The van der Waals surface area contributed by atoms with Gasteiger partial charge < -0.3 is 26.8 Å². The standard InChI is InChI=1S/C23H28N4O5/c1-32-23(31)19(13-16-10-6-3-7-11-16)27-22(30)18(12-15-8-4-2-5-9-15)26-21(29)17(24)14-20(25)28/h2-11,17-19H,12-14,24H2,1H3,(H2,25,28)(H,26,29)(H,27,30)/t17-,18-,19+/m1/s1. The number of esters is 1. The molecule has 0 spiro atoms. The molecule has 2 aromatic carbocycles. The van der Waals surface area contributed by atoms with E-state index in [0.717, 1.165) is 11.1 Å². The van der Waals surface area contributed by atoms with Crippen LogP contribution in [-0.4, -0.2) is 48.9 Å². The van der Waals surface area contributed by atoms with E-state index in [2.05, 4.69) is 10.6 Å². The van der Waals surface area contributed by atoms with Crippen LogP contribution in [0.4, 0.5) is 0 Å². The van der Waals surface area contributed by atoms with E-state index in [1.165, 1.54) is 7.11 Å². The van der Waals surface area contributed by atoms with E-state index in [1.54, 1.807) is 24.3 Å². The first kappa shape index (κ1) is 24.5. The van der Waals surface area contributed by atoms with Crippen LogP contribution in [0.2, 0.25) is 0 Å². The molecule has 0 bridgehead atoms. The van der Waals surface area contributed by atoms with Crippen LogP contribution in [0.25, 0.3) is 0 Å². The number of benzene rings is 2. The molecule has 2 aromatic rings. The van der Waals surface area contributed by atoms with Crippen molar-refractivity contribution >= 4 is 23.7 Å². The van der Waals surface area contributed by atoms with E-state index in [4.69, 9.17) is 16.2 Å². The van der Waals surface area contributed by atoms with E-state index < -0.39 is 41.8 Å². The Hall–Kier alpha value is -3.72. The van der Waals surface area contributed by atoms with Gasteiger partial charge in [0.25, 0.3) is 0 Å². The van der Waals surface area contributed by atoms with Crippen molar-refractivity contribution in [1.82, 2.24) is 10.6 Å². The molecule has 0 aliphatic heterocycles. The normalized spacial score (nSPS) is 13.3. The second-order valence-electron chi connectivity index (χ2n) is 7.30. The van der Waals surface area contributed by atoms with Crippen molar-refractivity contribution in [3.63, 3.8) is 0 Å². The van der Waals surface area contributed by atoms with Gasteiger partial charge >= 0.3 is 5.97 Å². The first-order chi connectivity index (χ1) is 15.3. The summed E-state index contributed by atoms with van der Waals surface area (Å²) < 4.78 is 4.83. The maximum Gasteiger partial charge on any atom is 0.328 e. The SMILES string of the molecule is COC(=O)[C@H](Cc1ccccc1)NC(=O)[C@@H](Cc1ccccc1)NC(=O)[C@H](N)CC(N)=O. The molecule has 0 saturated heterocycles. The number of nitrogens with two attached hydrogens (primary N) is 2. The van der Waals surface area contributed by atoms with Crippen molar-refractivity contribution < 1.29 is 23.9 Å². The van der Waals surface area contributed by atoms with Crippen LogP contribution in [0.15, 0.2) is 60.7 Å². The van der Waals surface area contributed by atoms with Crippen molar-refractivity contribution in [2.75, 3.05) is 7.11 Å². The minimum Gasteiger partial charge on any atom is -0.467 e. The average Bonchev–Trinajstić information content (AvgIpc) is 2.78. The number of hydrogen-bond acceptors (Lipinski definition) is 6. The molecule has 2 rings (SSSR count). The lowest BCUT2D eigenvalue weighted by Crippen LogP contribution is -2.56. The van der Waals surface area contributed by atoms with E-state index in [1.807, 2.05) is 36.4 Å². The number of rotatable bonds is 11. The quantitative estimate of drug-likeness (QED) is 0.355. The Labute approximate surface area is 186 Å². The second kappa shape index (κ2) is 12.2. The maximum atomic E-state index is 13.1. The fourth-order valence-corrected chi connectivity index (χ4v) is 3.10. The molecule has 9 heteroatoms. The van der Waals surface area contributed by atoms with Gasteiger partial charge in [-0.05, 0) is 11.1 Å². The Morgan fingerprint density at radius 3 is 1.75 bits per heavy atom. The summed E-state index contributed by atoms with van der Waals surface area (Å²) in [5, 5.41) is 5.22. The minimum atomic E-state index is -1.20. The zero-order valence-corrected chi connectivity index (χ0v) is 17.8. The molecule has 170 valence electrons. The Morgan fingerprint density at radius 2 is 1.28 bits per heavy atom. The third-order valence-corrected chi connectivity index (χ3v) is 4.76. The molecule has 0 aliphatic carbocycles. The highest BCUT2D eigenvalue weighted by Gasteiger charge is 2.29. The van der Waals surface area contributed by atoms with Crippen LogP contribution in [0.3, 0.4) is 0 Å². The van der Waals surface area contributed by atoms with Gasteiger partial charge in [0.2, 0.25) is 17.7 Å². The Kier molecular flexibility index (Phi) is 9.37. The Morgan fingerprint density at radius 1 is 0.812 bits per heavy atom. The first-order valence-corrected chi connectivity index (χ1v) is 10.1. The Balaban J connectivity index is 2.19. The van der Waals surface area contributed by atoms with Crippen molar-refractivity contribution in [2.45, 2.75) is 37.4 Å². The summed E-state index contributed by atoms with van der Waals surface area (Å²) >= 11 is 0. The smallest absolute Gasteiger partial charge is 0.328 e. The summed E-state index contributed by atoms with van der Waals surface area (Å²) in [6.07, 6.45) is 0.0116. The van der Waals surface area contributed by atoms with Gasteiger partial charge in [0.05, 0.1) is 19.6 Å². The van der Waals surface area contributed by atoms with Crippen LogP contribution in [0.1, 0.15) is 17.5 Å². The molecule has 0 radical (unpaired) electrons. The largest absolute Gasteiger partial charge is 0.467 e. The molecular weight excluding hydrogens is 412 g/mol. The lowest BCUT2D eigenvalue weighted by molar-refractivity contribution is -0.145. The minimum absolute atomic E-state index is 0.154. The molecule has 9 nitrogen and oxygen atoms in total. The highest BCUT2D eigenvalue weighted by Crippen LogP contribution is 2.08. The average molecular weight is 441 g/mol. The predicted molar refractivity (Wildman–Crippen MR) is 118 cm³/mol. The highest BCUT2D eigenvalue weighted by atomic mass is 16.5. The molecule has 0 saturated carbocycles. The lowest BCUT2D eigenvalue weighted by atomic mass is 10.0. The van der Waals surface area contributed by atoms with Crippen LogP contribution < -0.4 is 22.1 Å². The summed E-state index contributed by atoms with van der Waals surface area (Å²) in [7, 11) is 1.23. The van der Waals surface area contributed by atoms with Gasteiger partial charge in [0, 0.05) is 12.8 Å². The molecule has 0 aromatic heterocycles. The monoisotopic (exact) mass is 440 g/mol. The van der Waals surface area contributed by atoms with E-state index in [0.29, 0.717) is 0 Å². The molecule has 0 unspecified atom stereocenters. The van der Waals surface area contributed by atoms with Gasteiger partial charge in [-0.1, -0.05) is 60.7 Å². The number of amides is 3. The molecule has 6 N–H and O–H groups in total. The van der Waals surface area contributed by atoms with Crippen LogP contribution >= 0.6 is 0 Å². The number of primary amides is 1. The van der Waals surface area contributed by atoms with Crippen LogP contribution in [0.5, 0.6) is 0 Å². The number of nitrogens with one attached hydrogen (secondary N) is 2. The maximum absolute atomic E-state index is 13.1. The number of carbonyl (C=O) groups excluding carboxylic acids is 4. The van der Waals surface area contributed by atoms with E-state index >= 15 is 0 Å². The number of ether oxygens (including phenoxy) is 1. The van der Waals surface area contributed by atoms with Crippen molar-refractivity contribution in [1.29, 1.82) is 0 Å². The number of carbonyl (C=O) groups is 4. The van der Waals surface area contributed by atoms with Crippen molar-refractivity contribution in [3.05, 3.63) is 71.8 Å². The molecule has 3 amide bonds.